The molecule has 0 unspecified atom stereocenters. The minimum absolute atomic E-state index is 0.252. The van der Waals surface area contributed by atoms with Gasteiger partial charge in [0.25, 0.3) is 0 Å². The number of hydrogen-bond donors (Lipinski definition) is 2. The zero-order valence-corrected chi connectivity index (χ0v) is 10.3. The molecule has 0 aliphatic carbocycles. The third-order valence-corrected chi connectivity index (χ3v) is 2.54. The molecule has 0 aromatic carbocycles. The van der Waals surface area contributed by atoms with E-state index in [0.29, 0.717) is 5.57 Å². The number of nitrogens with one attached hydrogen (secondary N) is 1. The standard InChI is InChI=1S/C10H17BN2O4/c1-4-17-10(15)8-5-7(6-12-3)9(14)13(8)11(2)16/h6,8,12,16H,4-5H2,1-3H3/t8-/m1/s1. The van der Waals surface area contributed by atoms with Crippen molar-refractivity contribution in [2.24, 2.45) is 0 Å². The van der Waals surface area contributed by atoms with Crippen LogP contribution in [0.2, 0.25) is 6.82 Å². The van der Waals surface area contributed by atoms with E-state index in [1.807, 2.05) is 0 Å². The fourth-order valence-corrected chi connectivity index (χ4v) is 1.86. The molecule has 0 radical (unpaired) electrons. The molecular formula is C10H17BN2O4. The Morgan fingerprint density at radius 3 is 2.88 bits per heavy atom. The summed E-state index contributed by atoms with van der Waals surface area (Å²) in [5.74, 6) is -0.825. The molecule has 1 rings (SSSR count). The number of rotatable bonds is 4. The Balaban J connectivity index is 2.93. The van der Waals surface area contributed by atoms with Crippen molar-refractivity contribution in [2.45, 2.75) is 26.2 Å². The number of carbonyl (C=O) groups excluding carboxylic acids is 2. The van der Waals surface area contributed by atoms with E-state index in [4.69, 9.17) is 4.74 Å². The molecule has 1 saturated heterocycles. The van der Waals surface area contributed by atoms with E-state index >= 15 is 0 Å². The van der Waals surface area contributed by atoms with Gasteiger partial charge in [0.1, 0.15) is 6.04 Å². The van der Waals surface area contributed by atoms with E-state index in [1.54, 1.807) is 14.0 Å². The van der Waals surface area contributed by atoms with Gasteiger partial charge in [0.05, 0.1) is 6.61 Å². The second-order valence-corrected chi connectivity index (χ2v) is 3.77. The third-order valence-electron chi connectivity index (χ3n) is 2.54. The van der Waals surface area contributed by atoms with Gasteiger partial charge < -0.3 is 19.9 Å². The van der Waals surface area contributed by atoms with E-state index in [9.17, 15) is 14.6 Å². The summed E-state index contributed by atoms with van der Waals surface area (Å²) in [7, 11) is 0.657. The van der Waals surface area contributed by atoms with Crippen LogP contribution in [0.1, 0.15) is 13.3 Å². The highest BCUT2D eigenvalue weighted by Crippen LogP contribution is 2.25. The lowest BCUT2D eigenvalue weighted by Gasteiger charge is -2.23. The zero-order chi connectivity index (χ0) is 13.0. The van der Waals surface area contributed by atoms with Gasteiger partial charge in [-0.25, -0.2) is 4.79 Å². The molecular weight excluding hydrogens is 223 g/mol. The maximum atomic E-state index is 11.9. The van der Waals surface area contributed by atoms with Crippen molar-refractivity contribution in [1.29, 1.82) is 0 Å². The summed E-state index contributed by atoms with van der Waals surface area (Å²) in [5.41, 5.74) is 0.464. The maximum absolute atomic E-state index is 11.9. The van der Waals surface area contributed by atoms with Gasteiger partial charge in [-0.05, 0) is 13.7 Å². The third kappa shape index (κ3) is 2.79. The highest BCUT2D eigenvalue weighted by Gasteiger charge is 2.43. The molecule has 6 nitrogen and oxygen atoms in total. The number of amides is 1. The Morgan fingerprint density at radius 2 is 2.41 bits per heavy atom. The van der Waals surface area contributed by atoms with Crippen LogP contribution in [0.3, 0.4) is 0 Å². The molecule has 1 aliphatic heterocycles. The average molecular weight is 240 g/mol. The van der Waals surface area contributed by atoms with Crippen molar-refractivity contribution in [3.05, 3.63) is 11.8 Å². The molecule has 0 aromatic rings. The number of ether oxygens (including phenoxy) is 1. The zero-order valence-electron chi connectivity index (χ0n) is 10.3. The lowest BCUT2D eigenvalue weighted by atomic mass is 9.84. The van der Waals surface area contributed by atoms with Gasteiger partial charge in [-0.3, -0.25) is 4.79 Å². The predicted molar refractivity (Wildman–Crippen MR) is 62.9 cm³/mol. The van der Waals surface area contributed by atoms with Crippen molar-refractivity contribution in [3.8, 4) is 0 Å². The van der Waals surface area contributed by atoms with E-state index in [1.165, 1.54) is 13.0 Å². The Labute approximate surface area is 101 Å². The van der Waals surface area contributed by atoms with Crippen molar-refractivity contribution in [1.82, 2.24) is 10.1 Å². The summed E-state index contributed by atoms with van der Waals surface area (Å²) in [4.78, 5) is 24.7. The first-order chi connectivity index (χ1) is 8.02. The molecule has 0 spiro atoms. The molecule has 7 heteroatoms. The van der Waals surface area contributed by atoms with Crippen molar-refractivity contribution < 1.29 is 19.3 Å². The van der Waals surface area contributed by atoms with Gasteiger partial charge in [-0.15, -0.1) is 0 Å². The quantitative estimate of drug-likeness (QED) is 0.388. The van der Waals surface area contributed by atoms with E-state index in [2.05, 4.69) is 5.32 Å². The minimum Gasteiger partial charge on any atom is -0.464 e. The van der Waals surface area contributed by atoms with Gasteiger partial charge in [0.2, 0.25) is 5.91 Å². The topological polar surface area (TPSA) is 78.9 Å². The minimum atomic E-state index is -1.01. The molecule has 0 saturated carbocycles. The van der Waals surface area contributed by atoms with Crippen LogP contribution in [0.25, 0.3) is 0 Å². The first-order valence-electron chi connectivity index (χ1n) is 5.56. The van der Waals surface area contributed by atoms with Crippen molar-refractivity contribution >= 4 is 18.9 Å². The predicted octanol–water partition coefficient (Wildman–Crippen LogP) is -0.636. The number of esters is 1. The van der Waals surface area contributed by atoms with Crippen LogP contribution in [0.4, 0.5) is 0 Å². The Morgan fingerprint density at radius 1 is 1.76 bits per heavy atom. The fourth-order valence-electron chi connectivity index (χ4n) is 1.86. The molecule has 94 valence electrons. The van der Waals surface area contributed by atoms with E-state index in [-0.39, 0.29) is 18.9 Å². The van der Waals surface area contributed by atoms with Crippen LogP contribution in [-0.4, -0.2) is 48.5 Å². The second kappa shape index (κ2) is 5.72. The molecule has 1 atom stereocenters. The molecule has 1 amide bonds. The molecule has 1 fully saturated rings. The monoisotopic (exact) mass is 240 g/mol. The normalized spacial score (nSPS) is 21.9. The van der Waals surface area contributed by atoms with Crippen LogP contribution in [0.5, 0.6) is 0 Å². The molecule has 0 aromatic heterocycles. The summed E-state index contributed by atoms with van der Waals surface area (Å²) >= 11 is 0. The smallest absolute Gasteiger partial charge is 0.412 e. The molecule has 2 N–H and O–H groups in total. The highest BCUT2D eigenvalue weighted by atomic mass is 16.5. The van der Waals surface area contributed by atoms with Crippen LogP contribution in [0, 0.1) is 0 Å². The molecule has 17 heavy (non-hydrogen) atoms. The Kier molecular flexibility index (Phi) is 4.57. The molecule has 1 heterocycles. The summed E-state index contributed by atoms with van der Waals surface area (Å²) in [6.07, 6.45) is 1.79. The van der Waals surface area contributed by atoms with Crippen LogP contribution >= 0.6 is 0 Å². The fraction of sp³-hybridized carbons (Fsp3) is 0.600. The van der Waals surface area contributed by atoms with E-state index in [0.717, 1.165) is 4.81 Å². The first kappa shape index (κ1) is 13.6. The lowest BCUT2D eigenvalue weighted by Crippen LogP contribution is -2.47. The molecule has 0 bridgehead atoms. The summed E-state index contributed by atoms with van der Waals surface area (Å²) < 4.78 is 4.89. The van der Waals surface area contributed by atoms with Gasteiger partial charge in [0.15, 0.2) is 0 Å². The summed E-state index contributed by atoms with van der Waals surface area (Å²) in [5, 5.41) is 12.3. The summed E-state index contributed by atoms with van der Waals surface area (Å²) in [6.45, 7) is 3.40. The van der Waals surface area contributed by atoms with Gasteiger partial charge in [-0.2, -0.15) is 0 Å². The number of nitrogens with zero attached hydrogens (tertiary/aromatic N) is 1. The average Bonchev–Trinajstić information content (AvgIpc) is 2.57. The van der Waals surface area contributed by atoms with Crippen LogP contribution in [0.15, 0.2) is 11.8 Å². The van der Waals surface area contributed by atoms with Crippen molar-refractivity contribution in [2.75, 3.05) is 13.7 Å². The van der Waals surface area contributed by atoms with Crippen molar-refractivity contribution in [3.63, 3.8) is 0 Å². The Bertz CT molecular complexity index is 343. The highest BCUT2D eigenvalue weighted by molar-refractivity contribution is 6.50. The van der Waals surface area contributed by atoms with Crippen LogP contribution < -0.4 is 5.32 Å². The largest absolute Gasteiger partial charge is 0.464 e. The SMILES string of the molecule is CCOC(=O)[C@H]1CC(=CNC)C(=O)N1B(C)O. The van der Waals surface area contributed by atoms with Gasteiger partial charge >= 0.3 is 13.0 Å². The van der Waals surface area contributed by atoms with Gasteiger partial charge in [-0.1, -0.05) is 0 Å². The van der Waals surface area contributed by atoms with Crippen LogP contribution in [-0.2, 0) is 14.3 Å². The summed E-state index contributed by atoms with van der Waals surface area (Å²) in [6, 6.07) is -0.734. The maximum Gasteiger partial charge on any atom is 0.412 e. The Hall–Kier alpha value is -1.50. The lowest BCUT2D eigenvalue weighted by molar-refractivity contribution is -0.149. The van der Waals surface area contributed by atoms with E-state index < -0.39 is 19.1 Å². The number of hydrogen-bond acceptors (Lipinski definition) is 5. The van der Waals surface area contributed by atoms with Gasteiger partial charge in [0, 0.05) is 25.2 Å². The number of carbonyl (C=O) groups is 2. The second-order valence-electron chi connectivity index (χ2n) is 3.77. The molecule has 1 aliphatic rings. The first-order valence-corrected chi connectivity index (χ1v) is 5.56.